The number of primary amides is 1. The van der Waals surface area contributed by atoms with Crippen molar-refractivity contribution < 1.29 is 4.79 Å². The number of hydrogen-bond acceptors (Lipinski definition) is 2. The number of likely N-dealkylation sites (tertiary alicyclic amines) is 1. The van der Waals surface area contributed by atoms with Crippen molar-refractivity contribution in [2.75, 3.05) is 0 Å². The lowest BCUT2D eigenvalue weighted by Crippen LogP contribution is -2.43. The molecular weight excluding hydrogens is 304 g/mol. The van der Waals surface area contributed by atoms with Crippen LogP contribution >= 0.6 is 11.8 Å². The zero-order valence-corrected chi connectivity index (χ0v) is 13.9. The van der Waals surface area contributed by atoms with Gasteiger partial charge in [0.05, 0.1) is 5.37 Å². The van der Waals surface area contributed by atoms with Gasteiger partial charge < -0.3 is 10.6 Å². The fourth-order valence-electron chi connectivity index (χ4n) is 3.20. The van der Waals surface area contributed by atoms with Gasteiger partial charge in [-0.05, 0) is 43.4 Å². The zero-order valence-electron chi connectivity index (χ0n) is 13.1. The van der Waals surface area contributed by atoms with Gasteiger partial charge >= 0.3 is 6.03 Å². The van der Waals surface area contributed by atoms with Gasteiger partial charge in [-0.15, -0.1) is 11.8 Å². The summed E-state index contributed by atoms with van der Waals surface area (Å²) in [4.78, 5) is 15.0. The van der Waals surface area contributed by atoms with Crippen LogP contribution in [0.15, 0.2) is 65.6 Å². The standard InChI is InChI=1S/C19H22N2OS/c20-19(22)21-16(12-11-15-7-3-1-4-8-15)13-14-18(21)23-17-9-5-2-6-10-17/h1-10,16,18H,11-14H2,(H2,20,22)/t16-,18?/m0/s1. The van der Waals surface area contributed by atoms with E-state index < -0.39 is 0 Å². The summed E-state index contributed by atoms with van der Waals surface area (Å²) in [6, 6.07) is 20.6. The average molecular weight is 326 g/mol. The highest BCUT2D eigenvalue weighted by molar-refractivity contribution is 7.99. The summed E-state index contributed by atoms with van der Waals surface area (Å²) < 4.78 is 0. The van der Waals surface area contributed by atoms with E-state index in [0.717, 1.165) is 25.7 Å². The molecule has 2 N–H and O–H groups in total. The second kappa shape index (κ2) is 7.55. The third kappa shape index (κ3) is 4.08. The molecule has 2 aromatic carbocycles. The van der Waals surface area contributed by atoms with Crippen molar-refractivity contribution in [1.29, 1.82) is 0 Å². The lowest BCUT2D eigenvalue weighted by molar-refractivity contribution is 0.195. The molecule has 120 valence electrons. The van der Waals surface area contributed by atoms with E-state index in [0.29, 0.717) is 0 Å². The Hall–Kier alpha value is -1.94. The van der Waals surface area contributed by atoms with E-state index >= 15 is 0 Å². The number of carbonyl (C=O) groups excluding carboxylic acids is 1. The minimum atomic E-state index is -0.297. The fourth-order valence-corrected chi connectivity index (χ4v) is 4.48. The number of thioether (sulfide) groups is 1. The Morgan fingerprint density at radius 1 is 1.04 bits per heavy atom. The summed E-state index contributed by atoms with van der Waals surface area (Å²) in [7, 11) is 0. The van der Waals surface area contributed by atoms with Crippen molar-refractivity contribution in [3.8, 4) is 0 Å². The van der Waals surface area contributed by atoms with Gasteiger partial charge in [0.1, 0.15) is 0 Å². The van der Waals surface area contributed by atoms with Crippen molar-refractivity contribution in [2.45, 2.75) is 42.0 Å². The minimum Gasteiger partial charge on any atom is -0.351 e. The molecule has 1 heterocycles. The quantitative estimate of drug-likeness (QED) is 0.891. The molecular formula is C19H22N2OS. The Balaban J connectivity index is 1.64. The number of hydrogen-bond donors (Lipinski definition) is 1. The van der Waals surface area contributed by atoms with Crippen LogP contribution in [0, 0.1) is 0 Å². The van der Waals surface area contributed by atoms with Crippen LogP contribution in [0.1, 0.15) is 24.8 Å². The van der Waals surface area contributed by atoms with Gasteiger partial charge in [0.2, 0.25) is 0 Å². The van der Waals surface area contributed by atoms with Crippen molar-refractivity contribution in [3.63, 3.8) is 0 Å². The van der Waals surface area contributed by atoms with Crippen LogP contribution in [0.2, 0.25) is 0 Å². The molecule has 1 saturated heterocycles. The number of nitrogens with zero attached hydrogens (tertiary/aromatic N) is 1. The second-order valence-corrected chi connectivity index (χ2v) is 7.14. The zero-order chi connectivity index (χ0) is 16.1. The molecule has 1 fully saturated rings. The minimum absolute atomic E-state index is 0.149. The Morgan fingerprint density at radius 2 is 1.70 bits per heavy atom. The van der Waals surface area contributed by atoms with Gasteiger partial charge in [0, 0.05) is 10.9 Å². The summed E-state index contributed by atoms with van der Waals surface area (Å²) in [6.45, 7) is 0. The van der Waals surface area contributed by atoms with Gasteiger partial charge in [-0.1, -0.05) is 48.5 Å². The Morgan fingerprint density at radius 3 is 2.35 bits per heavy atom. The van der Waals surface area contributed by atoms with Gasteiger partial charge in [0.15, 0.2) is 0 Å². The number of benzene rings is 2. The molecule has 4 heteroatoms. The molecule has 1 aliphatic rings. The Labute approximate surface area is 141 Å². The maximum atomic E-state index is 12.0. The molecule has 1 aliphatic heterocycles. The molecule has 0 radical (unpaired) electrons. The molecule has 0 bridgehead atoms. The third-order valence-corrected chi connectivity index (χ3v) is 5.61. The first kappa shape index (κ1) is 15.9. The molecule has 0 aliphatic carbocycles. The SMILES string of the molecule is NC(=O)N1C(Sc2ccccc2)CC[C@@H]1CCc1ccccc1. The lowest BCUT2D eigenvalue weighted by atomic mass is 10.0. The first-order valence-electron chi connectivity index (χ1n) is 8.07. The number of rotatable bonds is 5. The van der Waals surface area contributed by atoms with E-state index in [9.17, 15) is 4.79 Å². The first-order chi connectivity index (χ1) is 11.2. The smallest absolute Gasteiger partial charge is 0.315 e. The second-order valence-electron chi connectivity index (χ2n) is 5.89. The molecule has 23 heavy (non-hydrogen) atoms. The van der Waals surface area contributed by atoms with Crippen LogP contribution in [-0.2, 0) is 6.42 Å². The monoisotopic (exact) mass is 326 g/mol. The largest absolute Gasteiger partial charge is 0.351 e. The molecule has 3 rings (SSSR count). The number of nitrogens with two attached hydrogens (primary N) is 1. The van der Waals surface area contributed by atoms with Crippen molar-refractivity contribution in [1.82, 2.24) is 4.90 Å². The van der Waals surface area contributed by atoms with E-state index in [1.165, 1.54) is 10.5 Å². The molecule has 0 saturated carbocycles. The molecule has 1 unspecified atom stereocenters. The predicted molar refractivity (Wildman–Crippen MR) is 95.3 cm³/mol. The molecule has 0 aromatic heterocycles. The van der Waals surface area contributed by atoms with Crippen LogP contribution < -0.4 is 5.73 Å². The number of carbonyl (C=O) groups is 1. The molecule has 2 amide bonds. The summed E-state index contributed by atoms with van der Waals surface area (Å²) in [5.74, 6) is 0. The van der Waals surface area contributed by atoms with Crippen molar-refractivity contribution >= 4 is 17.8 Å². The Bertz CT molecular complexity index is 632. The van der Waals surface area contributed by atoms with Gasteiger partial charge in [-0.2, -0.15) is 0 Å². The number of urea groups is 1. The van der Waals surface area contributed by atoms with E-state index in [2.05, 4.69) is 36.4 Å². The maximum Gasteiger partial charge on any atom is 0.315 e. The van der Waals surface area contributed by atoms with Crippen LogP contribution in [0.3, 0.4) is 0 Å². The van der Waals surface area contributed by atoms with Gasteiger partial charge in [-0.3, -0.25) is 0 Å². The normalized spacial score (nSPS) is 20.6. The predicted octanol–water partition coefficient (Wildman–Crippen LogP) is 4.28. The average Bonchev–Trinajstić information content (AvgIpc) is 2.98. The summed E-state index contributed by atoms with van der Waals surface area (Å²) in [6.07, 6.45) is 3.99. The highest BCUT2D eigenvalue weighted by Crippen LogP contribution is 2.37. The van der Waals surface area contributed by atoms with Gasteiger partial charge in [0.25, 0.3) is 0 Å². The highest BCUT2D eigenvalue weighted by atomic mass is 32.2. The van der Waals surface area contributed by atoms with E-state index in [4.69, 9.17) is 5.73 Å². The van der Waals surface area contributed by atoms with E-state index in [1.807, 2.05) is 29.2 Å². The fraction of sp³-hybridized carbons (Fsp3) is 0.316. The Kier molecular flexibility index (Phi) is 5.23. The van der Waals surface area contributed by atoms with Gasteiger partial charge in [-0.25, -0.2) is 4.79 Å². The van der Waals surface area contributed by atoms with E-state index in [1.54, 1.807) is 11.8 Å². The molecule has 2 atom stereocenters. The summed E-state index contributed by atoms with van der Waals surface area (Å²) >= 11 is 1.74. The highest BCUT2D eigenvalue weighted by Gasteiger charge is 2.36. The van der Waals surface area contributed by atoms with Crippen LogP contribution in [-0.4, -0.2) is 22.3 Å². The molecule has 3 nitrogen and oxygen atoms in total. The van der Waals surface area contributed by atoms with Crippen LogP contribution in [0.4, 0.5) is 4.79 Å². The molecule has 0 spiro atoms. The summed E-state index contributed by atoms with van der Waals surface area (Å²) in [5, 5.41) is 0.149. The van der Waals surface area contributed by atoms with E-state index in [-0.39, 0.29) is 17.4 Å². The molecule has 2 aromatic rings. The third-order valence-electron chi connectivity index (χ3n) is 4.33. The van der Waals surface area contributed by atoms with Crippen molar-refractivity contribution in [2.24, 2.45) is 5.73 Å². The van der Waals surface area contributed by atoms with Crippen LogP contribution in [0.5, 0.6) is 0 Å². The van der Waals surface area contributed by atoms with Crippen LogP contribution in [0.25, 0.3) is 0 Å². The number of amides is 2. The number of aryl methyl sites for hydroxylation is 1. The summed E-state index contributed by atoms with van der Waals surface area (Å²) in [5.41, 5.74) is 6.99. The first-order valence-corrected chi connectivity index (χ1v) is 8.95. The van der Waals surface area contributed by atoms with Crippen molar-refractivity contribution in [3.05, 3.63) is 66.2 Å². The maximum absolute atomic E-state index is 12.0. The topological polar surface area (TPSA) is 46.3 Å². The lowest BCUT2D eigenvalue weighted by Gasteiger charge is -2.28.